The van der Waals surface area contributed by atoms with Crippen LogP contribution in [0.1, 0.15) is 25.8 Å². The summed E-state index contributed by atoms with van der Waals surface area (Å²) < 4.78 is 9.38. The highest BCUT2D eigenvalue weighted by molar-refractivity contribution is 5.99. The molecule has 0 heterocycles. The maximum absolute atomic E-state index is 12.1. The van der Waals surface area contributed by atoms with E-state index in [4.69, 9.17) is 4.74 Å². The molecule has 0 aliphatic heterocycles. The summed E-state index contributed by atoms with van der Waals surface area (Å²) in [6.07, 6.45) is 2.57. The number of carbonyl (C=O) groups excluding carboxylic acids is 2. The Hall–Kier alpha value is -2.50. The van der Waals surface area contributed by atoms with Crippen molar-refractivity contribution in [3.05, 3.63) is 35.5 Å². The monoisotopic (exact) mass is 321 g/mol. The van der Waals surface area contributed by atoms with Gasteiger partial charge in [0.2, 0.25) is 0 Å². The minimum Gasteiger partial charge on any atom is -0.508 e. The van der Waals surface area contributed by atoms with Crippen LogP contribution in [-0.4, -0.2) is 37.8 Å². The van der Waals surface area contributed by atoms with Gasteiger partial charge in [0.05, 0.1) is 20.3 Å². The van der Waals surface area contributed by atoms with Crippen LogP contribution < -0.4 is 4.90 Å². The predicted molar refractivity (Wildman–Crippen MR) is 87.2 cm³/mol. The third-order valence-electron chi connectivity index (χ3n) is 3.37. The summed E-state index contributed by atoms with van der Waals surface area (Å²) in [5.74, 6) is -1.14. The second kappa shape index (κ2) is 8.82. The van der Waals surface area contributed by atoms with E-state index in [1.165, 1.54) is 14.2 Å². The summed E-state index contributed by atoms with van der Waals surface area (Å²) in [7, 11) is 2.48. The Balaban J connectivity index is 3.44. The van der Waals surface area contributed by atoms with Crippen LogP contribution in [0.3, 0.4) is 0 Å². The van der Waals surface area contributed by atoms with Gasteiger partial charge in [0.15, 0.2) is 0 Å². The molecule has 0 fully saturated rings. The standard InChI is InChI=1S/C17H23NO5/c1-5-8-12-13(9-7-10-15(12)19)18(6-2)14(17(21)23-4)11-16(20)22-3/h7,9-11,19H,5-6,8H2,1-4H3. The molecule has 6 nitrogen and oxygen atoms in total. The number of hydrogen-bond acceptors (Lipinski definition) is 6. The fourth-order valence-corrected chi connectivity index (χ4v) is 2.31. The predicted octanol–water partition coefficient (Wildman–Crippen LogP) is 2.40. The Kier molecular flexibility index (Phi) is 7.12. The minimum atomic E-state index is -0.652. The van der Waals surface area contributed by atoms with Gasteiger partial charge in [-0.2, -0.15) is 0 Å². The molecule has 0 aromatic heterocycles. The van der Waals surface area contributed by atoms with Crippen LogP contribution in [0.4, 0.5) is 5.69 Å². The number of benzene rings is 1. The number of phenolic OH excluding ortho intramolecular Hbond substituents is 1. The summed E-state index contributed by atoms with van der Waals surface area (Å²) >= 11 is 0. The van der Waals surface area contributed by atoms with E-state index in [-0.39, 0.29) is 11.4 Å². The Bertz CT molecular complexity index is 595. The van der Waals surface area contributed by atoms with Gasteiger partial charge in [0.25, 0.3) is 0 Å². The van der Waals surface area contributed by atoms with Crippen molar-refractivity contribution < 1.29 is 24.2 Å². The zero-order chi connectivity index (χ0) is 17.4. The number of phenols is 1. The molecule has 0 unspecified atom stereocenters. The topological polar surface area (TPSA) is 76.1 Å². The molecule has 126 valence electrons. The van der Waals surface area contributed by atoms with Crippen LogP contribution in [0.5, 0.6) is 5.75 Å². The summed E-state index contributed by atoms with van der Waals surface area (Å²) in [6.45, 7) is 4.25. The molecule has 0 spiro atoms. The average Bonchev–Trinajstić information content (AvgIpc) is 2.56. The molecule has 0 atom stereocenters. The molecule has 0 aliphatic rings. The normalized spacial score (nSPS) is 11.0. The van der Waals surface area contributed by atoms with E-state index in [0.29, 0.717) is 18.7 Å². The maximum atomic E-state index is 12.1. The van der Waals surface area contributed by atoms with Crippen LogP contribution in [0.25, 0.3) is 0 Å². The van der Waals surface area contributed by atoms with Gasteiger partial charge >= 0.3 is 11.9 Å². The van der Waals surface area contributed by atoms with Crippen LogP contribution in [0.15, 0.2) is 30.0 Å². The van der Waals surface area contributed by atoms with Crippen molar-refractivity contribution in [2.75, 3.05) is 25.7 Å². The highest BCUT2D eigenvalue weighted by Gasteiger charge is 2.23. The molecule has 0 saturated heterocycles. The van der Waals surface area contributed by atoms with Crippen molar-refractivity contribution in [1.82, 2.24) is 0 Å². The lowest BCUT2D eigenvalue weighted by atomic mass is 10.0. The average molecular weight is 321 g/mol. The molecule has 0 bridgehead atoms. The van der Waals surface area contributed by atoms with E-state index < -0.39 is 11.9 Å². The lowest BCUT2D eigenvalue weighted by molar-refractivity contribution is -0.138. The first kappa shape index (κ1) is 18.5. The number of ether oxygens (including phenoxy) is 2. The lowest BCUT2D eigenvalue weighted by Crippen LogP contribution is -2.30. The number of hydrogen-bond donors (Lipinski definition) is 1. The zero-order valence-electron chi connectivity index (χ0n) is 14.0. The van der Waals surface area contributed by atoms with Crippen LogP contribution in [-0.2, 0) is 25.5 Å². The first-order valence-corrected chi connectivity index (χ1v) is 7.46. The number of nitrogens with zero attached hydrogens (tertiary/aromatic N) is 1. The first-order valence-electron chi connectivity index (χ1n) is 7.46. The first-order chi connectivity index (χ1) is 11.0. The van der Waals surface area contributed by atoms with Crippen molar-refractivity contribution in [2.45, 2.75) is 26.7 Å². The van der Waals surface area contributed by atoms with Gasteiger partial charge in [-0.15, -0.1) is 0 Å². The summed E-state index contributed by atoms with van der Waals surface area (Å²) in [5, 5.41) is 10.1. The van der Waals surface area contributed by atoms with Crippen LogP contribution in [0, 0.1) is 0 Å². The van der Waals surface area contributed by atoms with Gasteiger partial charge in [-0.25, -0.2) is 9.59 Å². The highest BCUT2D eigenvalue weighted by Crippen LogP contribution is 2.32. The Morgan fingerprint density at radius 3 is 2.43 bits per heavy atom. The largest absolute Gasteiger partial charge is 0.508 e. The number of methoxy groups -OCH3 is 2. The lowest BCUT2D eigenvalue weighted by Gasteiger charge is -2.27. The molecule has 1 rings (SSSR count). The fraction of sp³-hybridized carbons (Fsp3) is 0.412. The summed E-state index contributed by atoms with van der Waals surface area (Å²) in [6, 6.07) is 5.09. The van der Waals surface area contributed by atoms with Crippen LogP contribution in [0.2, 0.25) is 0 Å². The molecular formula is C17H23NO5. The third kappa shape index (κ3) is 4.48. The molecule has 0 radical (unpaired) electrons. The summed E-state index contributed by atoms with van der Waals surface area (Å²) in [4.78, 5) is 25.3. The molecule has 1 aromatic carbocycles. The molecule has 0 saturated carbocycles. The van der Waals surface area contributed by atoms with Gasteiger partial charge in [0.1, 0.15) is 11.4 Å². The fourth-order valence-electron chi connectivity index (χ4n) is 2.31. The van der Waals surface area contributed by atoms with Crippen molar-refractivity contribution in [3.63, 3.8) is 0 Å². The van der Waals surface area contributed by atoms with E-state index in [9.17, 15) is 14.7 Å². The quantitative estimate of drug-likeness (QED) is 0.614. The zero-order valence-corrected chi connectivity index (χ0v) is 14.0. The van der Waals surface area contributed by atoms with Gasteiger partial charge in [-0.1, -0.05) is 19.4 Å². The maximum Gasteiger partial charge on any atom is 0.354 e. The van der Waals surface area contributed by atoms with Crippen molar-refractivity contribution in [1.29, 1.82) is 0 Å². The highest BCUT2D eigenvalue weighted by atomic mass is 16.5. The second-order valence-corrected chi connectivity index (χ2v) is 4.81. The van der Waals surface area contributed by atoms with Crippen LogP contribution >= 0.6 is 0 Å². The Labute approximate surface area is 136 Å². The van der Waals surface area contributed by atoms with E-state index in [0.717, 1.165) is 18.1 Å². The molecule has 1 aromatic rings. The third-order valence-corrected chi connectivity index (χ3v) is 3.37. The molecule has 23 heavy (non-hydrogen) atoms. The van der Waals surface area contributed by atoms with Gasteiger partial charge in [-0.3, -0.25) is 0 Å². The van der Waals surface area contributed by atoms with Crippen molar-refractivity contribution in [2.24, 2.45) is 0 Å². The Morgan fingerprint density at radius 1 is 1.22 bits per heavy atom. The van der Waals surface area contributed by atoms with Gasteiger partial charge in [0, 0.05) is 17.8 Å². The van der Waals surface area contributed by atoms with E-state index in [1.807, 2.05) is 13.8 Å². The van der Waals surface area contributed by atoms with Gasteiger partial charge < -0.3 is 19.5 Å². The Morgan fingerprint density at radius 2 is 1.91 bits per heavy atom. The smallest absolute Gasteiger partial charge is 0.354 e. The molecular weight excluding hydrogens is 298 g/mol. The van der Waals surface area contributed by atoms with E-state index in [1.54, 1.807) is 23.1 Å². The number of aromatic hydroxyl groups is 1. The van der Waals surface area contributed by atoms with E-state index >= 15 is 0 Å². The molecule has 0 amide bonds. The number of carbonyl (C=O) groups is 2. The number of esters is 2. The van der Waals surface area contributed by atoms with E-state index in [2.05, 4.69) is 4.74 Å². The van der Waals surface area contributed by atoms with Crippen molar-refractivity contribution in [3.8, 4) is 5.75 Å². The minimum absolute atomic E-state index is 0.0600. The molecule has 6 heteroatoms. The van der Waals surface area contributed by atoms with Gasteiger partial charge in [-0.05, 0) is 25.5 Å². The summed E-state index contributed by atoms with van der Waals surface area (Å²) in [5.41, 5.74) is 1.44. The molecule has 1 N–H and O–H groups in total. The molecule has 0 aliphatic carbocycles. The second-order valence-electron chi connectivity index (χ2n) is 4.81. The number of rotatable bonds is 7. The van der Waals surface area contributed by atoms with Crippen molar-refractivity contribution >= 4 is 17.6 Å². The SMILES string of the molecule is CCCc1c(O)cccc1N(CC)C(=CC(=O)OC)C(=O)OC. The number of anilines is 1. The number of likely N-dealkylation sites (N-methyl/N-ethyl adjacent to an activating group) is 1.